The summed E-state index contributed by atoms with van der Waals surface area (Å²) in [4.78, 5) is 11.7. The minimum atomic E-state index is -0.424. The number of terminal acetylenes is 1. The van der Waals surface area contributed by atoms with Crippen molar-refractivity contribution in [2.45, 2.75) is 52.1 Å². The predicted octanol–water partition coefficient (Wildman–Crippen LogP) is 3.99. The van der Waals surface area contributed by atoms with E-state index in [0.29, 0.717) is 12.8 Å². The fourth-order valence-corrected chi connectivity index (χ4v) is 1.98. The number of carbonyl (C=O) groups excluding carboxylic acids is 1. The average molecular weight is 272 g/mol. The number of benzene rings is 1. The Morgan fingerprint density at radius 3 is 2.45 bits per heavy atom. The van der Waals surface area contributed by atoms with E-state index in [0.717, 1.165) is 12.8 Å². The first-order valence-electron chi connectivity index (χ1n) is 7.12. The summed E-state index contributed by atoms with van der Waals surface area (Å²) in [6.07, 6.45) is 8.49. The van der Waals surface area contributed by atoms with Crippen LogP contribution in [0.1, 0.15) is 45.6 Å². The molecule has 0 aliphatic heterocycles. The molecule has 0 fully saturated rings. The second kappa shape index (κ2) is 7.75. The third-order valence-electron chi connectivity index (χ3n) is 2.98. The van der Waals surface area contributed by atoms with Crippen molar-refractivity contribution >= 4 is 5.97 Å². The fourth-order valence-electron chi connectivity index (χ4n) is 1.98. The zero-order valence-corrected chi connectivity index (χ0v) is 12.7. The van der Waals surface area contributed by atoms with E-state index < -0.39 is 5.60 Å². The summed E-state index contributed by atoms with van der Waals surface area (Å²) in [6.45, 7) is 5.62. The number of hydrogen-bond donors (Lipinski definition) is 0. The maximum absolute atomic E-state index is 11.7. The summed E-state index contributed by atoms with van der Waals surface area (Å²) in [5, 5.41) is 0. The van der Waals surface area contributed by atoms with Gasteiger partial charge in [0.1, 0.15) is 5.60 Å². The van der Waals surface area contributed by atoms with Gasteiger partial charge < -0.3 is 4.74 Å². The Bertz CT molecular complexity index is 449. The first kappa shape index (κ1) is 16.3. The van der Waals surface area contributed by atoms with E-state index in [9.17, 15) is 4.79 Å². The number of aryl methyl sites for hydroxylation is 1. The second-order valence-corrected chi connectivity index (χ2v) is 6.01. The molecule has 1 atom stereocenters. The van der Waals surface area contributed by atoms with Gasteiger partial charge in [0.15, 0.2) is 0 Å². The Morgan fingerprint density at radius 2 is 1.90 bits per heavy atom. The standard InChI is InChI=1S/C18H24O2/c1-5-15(11-12-16-9-7-6-8-10-16)13-14-17(19)20-18(2,3)4/h1,6-10,15H,11-14H2,2-4H3/t15-/m0/s1. The molecule has 0 N–H and O–H groups in total. The highest BCUT2D eigenvalue weighted by molar-refractivity contribution is 5.69. The van der Waals surface area contributed by atoms with Crippen LogP contribution >= 0.6 is 0 Å². The molecule has 0 aliphatic rings. The van der Waals surface area contributed by atoms with E-state index in [4.69, 9.17) is 11.2 Å². The average Bonchev–Trinajstić information content (AvgIpc) is 2.38. The molecule has 0 amide bonds. The highest BCUT2D eigenvalue weighted by Gasteiger charge is 2.17. The van der Waals surface area contributed by atoms with Gasteiger partial charge in [0.25, 0.3) is 0 Å². The Labute approximate surface area is 122 Å². The number of esters is 1. The van der Waals surface area contributed by atoms with Gasteiger partial charge in [-0.25, -0.2) is 0 Å². The summed E-state index contributed by atoms with van der Waals surface area (Å²) in [5.41, 5.74) is 0.859. The lowest BCUT2D eigenvalue weighted by molar-refractivity contribution is -0.155. The van der Waals surface area contributed by atoms with Crippen molar-refractivity contribution in [1.29, 1.82) is 0 Å². The summed E-state index contributed by atoms with van der Waals surface area (Å²) in [7, 11) is 0. The molecule has 0 aromatic heterocycles. The molecule has 1 aromatic carbocycles. The molecule has 2 nitrogen and oxygen atoms in total. The number of hydrogen-bond acceptors (Lipinski definition) is 2. The maximum Gasteiger partial charge on any atom is 0.306 e. The molecular weight excluding hydrogens is 248 g/mol. The van der Waals surface area contributed by atoms with Gasteiger partial charge in [-0.3, -0.25) is 4.79 Å². The van der Waals surface area contributed by atoms with Crippen LogP contribution in [-0.2, 0) is 16.0 Å². The van der Waals surface area contributed by atoms with Gasteiger partial charge in [-0.05, 0) is 45.6 Å². The molecule has 0 spiro atoms. The van der Waals surface area contributed by atoms with Gasteiger partial charge >= 0.3 is 5.97 Å². The van der Waals surface area contributed by atoms with Crippen LogP contribution in [-0.4, -0.2) is 11.6 Å². The zero-order chi connectivity index (χ0) is 15.0. The SMILES string of the molecule is C#C[C@H](CCC(=O)OC(C)(C)C)CCc1ccccc1. The van der Waals surface area contributed by atoms with Crippen molar-refractivity contribution < 1.29 is 9.53 Å². The minimum Gasteiger partial charge on any atom is -0.460 e. The summed E-state index contributed by atoms with van der Waals surface area (Å²) >= 11 is 0. The summed E-state index contributed by atoms with van der Waals surface area (Å²) in [5.74, 6) is 2.74. The molecule has 0 saturated carbocycles. The first-order valence-corrected chi connectivity index (χ1v) is 7.12. The van der Waals surface area contributed by atoms with Gasteiger partial charge in [0.2, 0.25) is 0 Å². The maximum atomic E-state index is 11.7. The van der Waals surface area contributed by atoms with Crippen LogP contribution in [0.5, 0.6) is 0 Å². The molecule has 108 valence electrons. The minimum absolute atomic E-state index is 0.128. The molecule has 0 unspecified atom stereocenters. The van der Waals surface area contributed by atoms with Crippen molar-refractivity contribution in [1.82, 2.24) is 0 Å². The van der Waals surface area contributed by atoms with E-state index in [-0.39, 0.29) is 11.9 Å². The van der Waals surface area contributed by atoms with Gasteiger partial charge in [0.05, 0.1) is 0 Å². The van der Waals surface area contributed by atoms with Crippen LogP contribution < -0.4 is 0 Å². The molecular formula is C18H24O2. The zero-order valence-electron chi connectivity index (χ0n) is 12.7. The number of rotatable bonds is 6. The normalized spacial score (nSPS) is 12.5. The predicted molar refractivity (Wildman–Crippen MR) is 82.2 cm³/mol. The van der Waals surface area contributed by atoms with Gasteiger partial charge in [0, 0.05) is 12.3 Å². The van der Waals surface area contributed by atoms with Gasteiger partial charge in [-0.1, -0.05) is 30.3 Å². The largest absolute Gasteiger partial charge is 0.460 e. The third-order valence-corrected chi connectivity index (χ3v) is 2.98. The quantitative estimate of drug-likeness (QED) is 0.578. The van der Waals surface area contributed by atoms with Crippen LogP contribution in [0.3, 0.4) is 0 Å². The van der Waals surface area contributed by atoms with Crippen LogP contribution in [0, 0.1) is 18.3 Å². The molecule has 20 heavy (non-hydrogen) atoms. The van der Waals surface area contributed by atoms with Crippen LogP contribution in [0.25, 0.3) is 0 Å². The fraction of sp³-hybridized carbons (Fsp3) is 0.500. The van der Waals surface area contributed by atoms with E-state index in [1.807, 2.05) is 39.0 Å². The van der Waals surface area contributed by atoms with Crippen LogP contribution in [0.4, 0.5) is 0 Å². The summed E-state index contributed by atoms with van der Waals surface area (Å²) < 4.78 is 5.29. The van der Waals surface area contributed by atoms with Gasteiger partial charge in [-0.2, -0.15) is 0 Å². The van der Waals surface area contributed by atoms with Crippen molar-refractivity contribution in [2.75, 3.05) is 0 Å². The van der Waals surface area contributed by atoms with E-state index in [1.54, 1.807) is 0 Å². The first-order chi connectivity index (χ1) is 9.40. The van der Waals surface area contributed by atoms with E-state index in [2.05, 4.69) is 18.1 Å². The van der Waals surface area contributed by atoms with Crippen LogP contribution in [0.2, 0.25) is 0 Å². The molecule has 0 bridgehead atoms. The monoisotopic (exact) mass is 272 g/mol. The van der Waals surface area contributed by atoms with Crippen molar-refractivity contribution in [2.24, 2.45) is 5.92 Å². The number of ether oxygens (including phenoxy) is 1. The van der Waals surface area contributed by atoms with E-state index in [1.165, 1.54) is 5.56 Å². The lowest BCUT2D eigenvalue weighted by Gasteiger charge is -2.20. The third kappa shape index (κ3) is 6.99. The molecule has 0 radical (unpaired) electrons. The Kier molecular flexibility index (Phi) is 6.31. The molecule has 1 aromatic rings. The van der Waals surface area contributed by atoms with Crippen molar-refractivity contribution in [3.05, 3.63) is 35.9 Å². The molecule has 0 heterocycles. The smallest absolute Gasteiger partial charge is 0.306 e. The Hall–Kier alpha value is -1.75. The lowest BCUT2D eigenvalue weighted by Crippen LogP contribution is -2.24. The molecule has 0 aliphatic carbocycles. The van der Waals surface area contributed by atoms with Crippen molar-refractivity contribution in [3.8, 4) is 12.3 Å². The highest BCUT2D eigenvalue weighted by Crippen LogP contribution is 2.16. The van der Waals surface area contributed by atoms with Gasteiger partial charge in [-0.15, -0.1) is 12.3 Å². The number of carbonyl (C=O) groups is 1. The lowest BCUT2D eigenvalue weighted by atomic mass is 9.96. The second-order valence-electron chi connectivity index (χ2n) is 6.01. The highest BCUT2D eigenvalue weighted by atomic mass is 16.6. The van der Waals surface area contributed by atoms with Crippen molar-refractivity contribution in [3.63, 3.8) is 0 Å². The topological polar surface area (TPSA) is 26.3 Å². The summed E-state index contributed by atoms with van der Waals surface area (Å²) in [6, 6.07) is 10.3. The molecule has 1 rings (SSSR count). The molecule has 0 saturated heterocycles. The molecule has 2 heteroatoms. The Balaban J connectivity index is 2.33. The van der Waals surface area contributed by atoms with Crippen LogP contribution in [0.15, 0.2) is 30.3 Å². The van der Waals surface area contributed by atoms with E-state index >= 15 is 0 Å². The Morgan fingerprint density at radius 1 is 1.25 bits per heavy atom.